The largest absolute Gasteiger partial charge is 0.279 e. The lowest BCUT2D eigenvalue weighted by Gasteiger charge is -2.34. The first kappa shape index (κ1) is 23.6. The van der Waals surface area contributed by atoms with Gasteiger partial charge in [0.2, 0.25) is 0 Å². The molecule has 0 amide bonds. The molecule has 0 radical (unpaired) electrons. The van der Waals surface area contributed by atoms with Crippen molar-refractivity contribution < 1.29 is 0 Å². The van der Waals surface area contributed by atoms with E-state index in [-0.39, 0.29) is 0 Å². The van der Waals surface area contributed by atoms with Crippen molar-refractivity contribution in [2.75, 3.05) is 4.90 Å². The van der Waals surface area contributed by atoms with Gasteiger partial charge in [0.05, 0.1) is 0 Å². The summed E-state index contributed by atoms with van der Waals surface area (Å²) >= 11 is 0. The van der Waals surface area contributed by atoms with Crippen molar-refractivity contribution in [1.29, 1.82) is 0 Å². The molecule has 0 bridgehead atoms. The van der Waals surface area contributed by atoms with Gasteiger partial charge in [0.1, 0.15) is 11.6 Å². The topological polar surface area (TPSA) is 29.0 Å². The lowest BCUT2D eigenvalue weighted by Crippen LogP contribution is -2.74. The van der Waals surface area contributed by atoms with Crippen LogP contribution in [0.3, 0.4) is 0 Å². The first-order valence-corrected chi connectivity index (χ1v) is 14.8. The van der Waals surface area contributed by atoms with Crippen molar-refractivity contribution in [1.82, 2.24) is 9.97 Å². The van der Waals surface area contributed by atoms with Crippen molar-refractivity contribution in [2.24, 2.45) is 0 Å². The molecule has 6 aromatic rings. The van der Waals surface area contributed by atoms with Gasteiger partial charge in [0.15, 0.2) is 8.07 Å². The van der Waals surface area contributed by atoms with Gasteiger partial charge in [-0.1, -0.05) is 115 Å². The summed E-state index contributed by atoms with van der Waals surface area (Å²) in [7, 11) is -2.57. The molecule has 0 N–H and O–H groups in total. The average Bonchev–Trinajstić information content (AvgIpc) is 3.01. The molecule has 38 heavy (non-hydrogen) atoms. The Morgan fingerprint density at radius 1 is 0.368 bits per heavy atom. The molecule has 3 nitrogen and oxygen atoms in total. The summed E-state index contributed by atoms with van der Waals surface area (Å²) in [5, 5.41) is 5.40. The second kappa shape index (κ2) is 10.7. The molecular formula is C34H27N3Si. The van der Waals surface area contributed by atoms with Gasteiger partial charge < -0.3 is 0 Å². The highest BCUT2D eigenvalue weighted by Crippen LogP contribution is 2.30. The van der Waals surface area contributed by atoms with Crippen LogP contribution in [0.1, 0.15) is 0 Å². The van der Waals surface area contributed by atoms with Gasteiger partial charge in [-0.2, -0.15) is 0 Å². The quantitative estimate of drug-likeness (QED) is 0.217. The molecule has 0 spiro atoms. The summed E-state index contributed by atoms with van der Waals surface area (Å²) in [4.78, 5) is 11.4. The molecule has 2 heterocycles. The second-order valence-corrected chi connectivity index (χ2v) is 12.9. The number of benzene rings is 4. The van der Waals surface area contributed by atoms with Crippen LogP contribution in [0.25, 0.3) is 0 Å². The van der Waals surface area contributed by atoms with Crippen LogP contribution in [0, 0.1) is 0 Å². The van der Waals surface area contributed by atoms with Crippen LogP contribution in [0.2, 0.25) is 0 Å². The fourth-order valence-corrected chi connectivity index (χ4v) is 10.0. The molecule has 6 rings (SSSR count). The fraction of sp³-hybridized carbons (Fsp3) is 0. The van der Waals surface area contributed by atoms with Crippen molar-refractivity contribution in [3.63, 3.8) is 0 Å². The zero-order valence-electron chi connectivity index (χ0n) is 20.9. The summed E-state index contributed by atoms with van der Waals surface area (Å²) < 4.78 is 0. The Labute approximate surface area is 224 Å². The van der Waals surface area contributed by atoms with Crippen LogP contribution in [-0.4, -0.2) is 18.0 Å². The molecule has 0 aliphatic heterocycles. The van der Waals surface area contributed by atoms with E-state index in [4.69, 9.17) is 0 Å². The molecule has 182 valence electrons. The zero-order valence-corrected chi connectivity index (χ0v) is 21.9. The van der Waals surface area contributed by atoms with Crippen LogP contribution < -0.4 is 25.6 Å². The predicted molar refractivity (Wildman–Crippen MR) is 160 cm³/mol. The molecule has 0 fully saturated rings. The lowest BCUT2D eigenvalue weighted by molar-refractivity contribution is 1.13. The average molecular weight is 506 g/mol. The van der Waals surface area contributed by atoms with E-state index in [9.17, 15) is 0 Å². The molecule has 0 saturated carbocycles. The van der Waals surface area contributed by atoms with E-state index in [1.54, 1.807) is 0 Å². The van der Waals surface area contributed by atoms with Crippen molar-refractivity contribution in [2.45, 2.75) is 0 Å². The fourth-order valence-electron chi connectivity index (χ4n) is 5.28. The maximum atomic E-state index is 4.64. The van der Waals surface area contributed by atoms with Gasteiger partial charge in [0.25, 0.3) is 0 Å². The van der Waals surface area contributed by atoms with E-state index in [1.807, 2.05) is 48.8 Å². The number of pyridine rings is 2. The number of hydrogen-bond acceptors (Lipinski definition) is 3. The minimum atomic E-state index is -2.57. The minimum Gasteiger partial charge on any atom is -0.279 e. The van der Waals surface area contributed by atoms with E-state index in [1.165, 1.54) is 20.7 Å². The van der Waals surface area contributed by atoms with Gasteiger partial charge in [0, 0.05) is 18.1 Å². The minimum absolute atomic E-state index is 0.830. The molecular weight excluding hydrogens is 478 g/mol. The molecule has 0 unspecified atom stereocenters. The molecule has 0 atom stereocenters. The zero-order chi connectivity index (χ0) is 25.6. The van der Waals surface area contributed by atoms with Crippen molar-refractivity contribution >= 4 is 46.1 Å². The van der Waals surface area contributed by atoms with E-state index < -0.39 is 8.07 Å². The summed E-state index contributed by atoms with van der Waals surface area (Å²) in [6.45, 7) is 0. The maximum Gasteiger partial charge on any atom is 0.179 e. The Morgan fingerprint density at radius 3 is 1.11 bits per heavy atom. The SMILES string of the molecule is c1ccc([Si](c2ccccc2)(c2ccccc2)c2ccc(N(c3ccccn3)c3ccccn3)cc2)cc1. The summed E-state index contributed by atoms with van der Waals surface area (Å²) in [5.74, 6) is 1.66. The molecule has 4 heteroatoms. The van der Waals surface area contributed by atoms with Crippen LogP contribution >= 0.6 is 0 Å². The first-order chi connectivity index (χ1) is 18.9. The van der Waals surface area contributed by atoms with Gasteiger partial charge in [-0.05, 0) is 57.1 Å². The summed E-state index contributed by atoms with van der Waals surface area (Å²) in [6.07, 6.45) is 3.63. The van der Waals surface area contributed by atoms with Crippen LogP contribution in [0.15, 0.2) is 164 Å². The van der Waals surface area contributed by atoms with E-state index >= 15 is 0 Å². The van der Waals surface area contributed by atoms with Crippen LogP contribution in [0.4, 0.5) is 17.3 Å². The molecule has 0 aliphatic carbocycles. The Morgan fingerprint density at radius 2 is 0.737 bits per heavy atom. The van der Waals surface area contributed by atoms with E-state index in [2.05, 4.69) is 130 Å². The molecule has 4 aromatic carbocycles. The third-order valence-corrected chi connectivity index (χ3v) is 11.7. The van der Waals surface area contributed by atoms with E-state index in [0.717, 1.165) is 17.3 Å². The Bertz CT molecular complexity index is 1440. The van der Waals surface area contributed by atoms with Crippen LogP contribution in [0.5, 0.6) is 0 Å². The third kappa shape index (κ3) is 4.31. The highest BCUT2D eigenvalue weighted by atomic mass is 28.3. The van der Waals surface area contributed by atoms with Gasteiger partial charge in [-0.15, -0.1) is 0 Å². The predicted octanol–water partition coefficient (Wildman–Crippen LogP) is 5.32. The Kier molecular flexibility index (Phi) is 6.62. The number of hydrogen-bond donors (Lipinski definition) is 0. The molecule has 2 aromatic heterocycles. The first-order valence-electron chi connectivity index (χ1n) is 12.8. The van der Waals surface area contributed by atoms with Crippen molar-refractivity contribution in [3.8, 4) is 0 Å². The Hall–Kier alpha value is -4.80. The second-order valence-electron chi connectivity index (χ2n) is 9.11. The highest BCUT2D eigenvalue weighted by Gasteiger charge is 2.41. The third-order valence-electron chi connectivity index (χ3n) is 6.94. The van der Waals surface area contributed by atoms with Crippen molar-refractivity contribution in [3.05, 3.63) is 164 Å². The van der Waals surface area contributed by atoms with Gasteiger partial charge in [-0.3, -0.25) is 4.90 Å². The molecule has 0 saturated heterocycles. The lowest BCUT2D eigenvalue weighted by atomic mass is 10.2. The van der Waals surface area contributed by atoms with Gasteiger partial charge >= 0.3 is 0 Å². The highest BCUT2D eigenvalue weighted by molar-refractivity contribution is 7.19. The standard InChI is InChI=1S/C34H27N3Si/c1-4-14-29(15-5-1)38(30-16-6-2-7-17-30,31-18-8-3-9-19-31)32-24-22-28(23-25-32)37(33-20-10-12-26-35-33)34-21-11-13-27-36-34/h1-27H. The van der Waals surface area contributed by atoms with Crippen LogP contribution in [-0.2, 0) is 0 Å². The summed E-state index contributed by atoms with van der Waals surface area (Å²) in [5.41, 5.74) is 1.02. The summed E-state index contributed by atoms with van der Waals surface area (Å²) in [6, 6.07) is 53.8. The van der Waals surface area contributed by atoms with Gasteiger partial charge in [-0.25, -0.2) is 9.97 Å². The maximum absolute atomic E-state index is 4.64. The normalized spacial score (nSPS) is 11.2. The smallest absolute Gasteiger partial charge is 0.179 e. The molecule has 0 aliphatic rings. The number of anilines is 3. The van der Waals surface area contributed by atoms with E-state index in [0.29, 0.717) is 0 Å². The number of rotatable bonds is 7. The number of aromatic nitrogens is 2. The Balaban J connectivity index is 1.56. The monoisotopic (exact) mass is 505 g/mol. The number of nitrogens with zero attached hydrogens (tertiary/aromatic N) is 3.